The summed E-state index contributed by atoms with van der Waals surface area (Å²) < 4.78 is 0. The molecule has 0 saturated heterocycles. The van der Waals surface area contributed by atoms with Gasteiger partial charge in [-0.3, -0.25) is 25.2 Å². The molecule has 3 aromatic rings. The molecule has 9 nitrogen and oxygen atoms in total. The topological polar surface area (TPSA) is 131 Å². The largest absolute Gasteiger partial charge is 0.392 e. The molecule has 9 heteroatoms. The van der Waals surface area contributed by atoms with Crippen molar-refractivity contribution in [3.63, 3.8) is 0 Å². The Balaban J connectivity index is 2.09. The quantitative estimate of drug-likeness (QED) is 0.503. The molecule has 0 spiro atoms. The highest BCUT2D eigenvalue weighted by Crippen LogP contribution is 2.39. The van der Waals surface area contributed by atoms with Gasteiger partial charge in [0, 0.05) is 29.8 Å². The number of fused-ring (bicyclic) bond motifs is 1. The van der Waals surface area contributed by atoms with Crippen LogP contribution >= 0.6 is 0 Å². The Labute approximate surface area is 153 Å². The third kappa shape index (κ3) is 3.40. The SMILES string of the molecule is Cc1c(CO)cc([N+](=O)[O-])c(NCc2cccc3cccnc23)c1[N+](=O)[O-]. The van der Waals surface area contributed by atoms with Crippen LogP contribution in [-0.2, 0) is 13.2 Å². The predicted octanol–water partition coefficient (Wildman–Crippen LogP) is 3.46. The number of benzene rings is 2. The van der Waals surface area contributed by atoms with E-state index >= 15 is 0 Å². The van der Waals surface area contributed by atoms with Crippen molar-refractivity contribution in [1.29, 1.82) is 0 Å². The van der Waals surface area contributed by atoms with Gasteiger partial charge in [0.25, 0.3) is 5.69 Å². The van der Waals surface area contributed by atoms with E-state index in [2.05, 4.69) is 10.3 Å². The Morgan fingerprint density at radius 1 is 1.11 bits per heavy atom. The summed E-state index contributed by atoms with van der Waals surface area (Å²) in [5.74, 6) is 0. The molecular formula is C18H16N4O5. The molecule has 2 aromatic carbocycles. The Kier molecular flexibility index (Phi) is 4.95. The lowest BCUT2D eigenvalue weighted by Gasteiger charge is -2.13. The fourth-order valence-corrected chi connectivity index (χ4v) is 3.01. The summed E-state index contributed by atoms with van der Waals surface area (Å²) in [6, 6.07) is 10.4. The van der Waals surface area contributed by atoms with E-state index in [1.165, 1.54) is 6.92 Å². The second-order valence-corrected chi connectivity index (χ2v) is 5.92. The van der Waals surface area contributed by atoms with E-state index in [0.29, 0.717) is 5.52 Å². The van der Waals surface area contributed by atoms with E-state index in [1.807, 2.05) is 18.2 Å². The third-order valence-corrected chi connectivity index (χ3v) is 4.36. The van der Waals surface area contributed by atoms with Gasteiger partial charge in [-0.1, -0.05) is 24.3 Å². The van der Waals surface area contributed by atoms with Crippen molar-refractivity contribution >= 4 is 28.0 Å². The van der Waals surface area contributed by atoms with Crippen LogP contribution in [0.3, 0.4) is 0 Å². The zero-order valence-corrected chi connectivity index (χ0v) is 14.4. The molecule has 0 radical (unpaired) electrons. The lowest BCUT2D eigenvalue weighted by atomic mass is 10.0. The monoisotopic (exact) mass is 368 g/mol. The van der Waals surface area contributed by atoms with Gasteiger partial charge in [0.1, 0.15) is 0 Å². The number of pyridine rings is 1. The van der Waals surface area contributed by atoms with Crippen molar-refractivity contribution in [1.82, 2.24) is 4.98 Å². The number of nitrogens with zero attached hydrogens (tertiary/aromatic N) is 3. The molecule has 0 unspecified atom stereocenters. The number of aliphatic hydroxyl groups is 1. The van der Waals surface area contributed by atoms with Gasteiger partial charge in [0.2, 0.25) is 0 Å². The van der Waals surface area contributed by atoms with Gasteiger partial charge >= 0.3 is 5.69 Å². The van der Waals surface area contributed by atoms with Gasteiger partial charge in [-0.05, 0) is 24.1 Å². The molecule has 0 atom stereocenters. The number of para-hydroxylation sites is 1. The summed E-state index contributed by atoms with van der Waals surface area (Å²) in [5, 5.41) is 36.1. The number of nitro benzene ring substituents is 2. The molecule has 0 fully saturated rings. The molecule has 2 N–H and O–H groups in total. The molecule has 0 saturated carbocycles. The van der Waals surface area contributed by atoms with E-state index in [4.69, 9.17) is 0 Å². The Morgan fingerprint density at radius 2 is 1.85 bits per heavy atom. The highest BCUT2D eigenvalue weighted by Gasteiger charge is 2.30. The first-order valence-corrected chi connectivity index (χ1v) is 8.06. The second kappa shape index (κ2) is 7.34. The first kappa shape index (κ1) is 18.2. The third-order valence-electron chi connectivity index (χ3n) is 4.36. The van der Waals surface area contributed by atoms with Crippen LogP contribution < -0.4 is 5.32 Å². The van der Waals surface area contributed by atoms with Crippen molar-refractivity contribution in [3.8, 4) is 0 Å². The van der Waals surface area contributed by atoms with Gasteiger partial charge in [-0.25, -0.2) is 0 Å². The van der Waals surface area contributed by atoms with Gasteiger partial charge in [-0.2, -0.15) is 0 Å². The summed E-state index contributed by atoms with van der Waals surface area (Å²) in [6.45, 7) is 1.05. The summed E-state index contributed by atoms with van der Waals surface area (Å²) in [6.07, 6.45) is 1.64. The number of rotatable bonds is 6. The lowest BCUT2D eigenvalue weighted by molar-refractivity contribution is -0.392. The molecule has 0 bridgehead atoms. The summed E-state index contributed by atoms with van der Waals surface area (Å²) in [7, 11) is 0. The molecule has 138 valence electrons. The van der Waals surface area contributed by atoms with Crippen molar-refractivity contribution in [3.05, 3.63) is 79.5 Å². The predicted molar refractivity (Wildman–Crippen MR) is 99.5 cm³/mol. The minimum Gasteiger partial charge on any atom is -0.392 e. The molecule has 0 aliphatic heterocycles. The standard InChI is InChI=1S/C18H16N4O5/c1-11-14(10-23)8-15(21(24)25)17(18(11)22(26)27)20-9-13-5-2-4-12-6-3-7-19-16(12)13/h2-8,20,23H,9-10H2,1H3. The smallest absolute Gasteiger partial charge is 0.302 e. The molecule has 0 aliphatic carbocycles. The van der Waals surface area contributed by atoms with Gasteiger partial charge in [-0.15, -0.1) is 0 Å². The fourth-order valence-electron chi connectivity index (χ4n) is 3.01. The first-order chi connectivity index (χ1) is 12.9. The zero-order valence-electron chi connectivity index (χ0n) is 14.4. The maximum Gasteiger partial charge on any atom is 0.302 e. The van der Waals surface area contributed by atoms with Crippen LogP contribution in [0, 0.1) is 27.2 Å². The van der Waals surface area contributed by atoms with E-state index in [0.717, 1.165) is 17.0 Å². The number of nitrogens with one attached hydrogen (secondary N) is 1. The first-order valence-electron chi connectivity index (χ1n) is 8.06. The van der Waals surface area contributed by atoms with Crippen LogP contribution in [0.5, 0.6) is 0 Å². The normalized spacial score (nSPS) is 10.7. The van der Waals surface area contributed by atoms with Crippen LogP contribution in [0.25, 0.3) is 10.9 Å². The van der Waals surface area contributed by atoms with Crippen LogP contribution in [-0.4, -0.2) is 19.9 Å². The summed E-state index contributed by atoms with van der Waals surface area (Å²) >= 11 is 0. The average Bonchev–Trinajstić information content (AvgIpc) is 2.65. The molecule has 1 heterocycles. The number of aromatic nitrogens is 1. The maximum absolute atomic E-state index is 11.6. The van der Waals surface area contributed by atoms with Gasteiger partial charge < -0.3 is 10.4 Å². The van der Waals surface area contributed by atoms with Crippen LogP contribution in [0.1, 0.15) is 16.7 Å². The highest BCUT2D eigenvalue weighted by molar-refractivity contribution is 5.83. The van der Waals surface area contributed by atoms with E-state index in [9.17, 15) is 25.3 Å². The minimum atomic E-state index is -0.699. The molecule has 0 amide bonds. The van der Waals surface area contributed by atoms with Crippen molar-refractivity contribution < 1.29 is 15.0 Å². The Morgan fingerprint density at radius 3 is 2.52 bits per heavy atom. The highest BCUT2D eigenvalue weighted by atomic mass is 16.6. The second-order valence-electron chi connectivity index (χ2n) is 5.92. The number of aliphatic hydroxyl groups excluding tert-OH is 1. The van der Waals surface area contributed by atoms with Crippen LogP contribution in [0.4, 0.5) is 17.1 Å². The maximum atomic E-state index is 11.6. The molecule has 0 aliphatic rings. The molecule has 3 rings (SSSR count). The number of hydrogen-bond donors (Lipinski definition) is 2. The summed E-state index contributed by atoms with van der Waals surface area (Å²) in [5.41, 5.74) is 0.734. The average molecular weight is 368 g/mol. The number of nitro groups is 2. The number of anilines is 1. The van der Waals surface area contributed by atoms with Crippen LogP contribution in [0.2, 0.25) is 0 Å². The van der Waals surface area contributed by atoms with Gasteiger partial charge in [0.05, 0.1) is 22.0 Å². The van der Waals surface area contributed by atoms with Crippen molar-refractivity contribution in [2.45, 2.75) is 20.1 Å². The van der Waals surface area contributed by atoms with Crippen molar-refractivity contribution in [2.75, 3.05) is 5.32 Å². The molecule has 27 heavy (non-hydrogen) atoms. The summed E-state index contributed by atoms with van der Waals surface area (Å²) in [4.78, 5) is 25.9. The van der Waals surface area contributed by atoms with E-state index in [1.54, 1.807) is 18.3 Å². The van der Waals surface area contributed by atoms with Gasteiger partial charge in [0.15, 0.2) is 5.69 Å². The Bertz CT molecular complexity index is 1050. The minimum absolute atomic E-state index is 0.119. The lowest BCUT2D eigenvalue weighted by Crippen LogP contribution is -2.09. The zero-order chi connectivity index (χ0) is 19.6. The molecule has 1 aromatic heterocycles. The fraction of sp³-hybridized carbons (Fsp3) is 0.167. The van der Waals surface area contributed by atoms with Crippen molar-refractivity contribution in [2.24, 2.45) is 0 Å². The van der Waals surface area contributed by atoms with Crippen LogP contribution in [0.15, 0.2) is 42.6 Å². The number of hydrogen-bond acceptors (Lipinski definition) is 7. The van der Waals surface area contributed by atoms with E-state index in [-0.39, 0.29) is 23.4 Å². The Hall–Kier alpha value is -3.59. The van der Waals surface area contributed by atoms with E-state index < -0.39 is 27.8 Å². The molecular weight excluding hydrogens is 352 g/mol.